The Bertz CT molecular complexity index is 1070. The Morgan fingerprint density at radius 2 is 1.76 bits per heavy atom. The van der Waals surface area contributed by atoms with Crippen molar-refractivity contribution in [2.75, 3.05) is 10.7 Å². The molecule has 5 nitrogen and oxygen atoms in total. The third kappa shape index (κ3) is 4.31. The molecule has 0 unspecified atom stereocenters. The van der Waals surface area contributed by atoms with Crippen molar-refractivity contribution in [3.63, 3.8) is 0 Å². The van der Waals surface area contributed by atoms with Crippen molar-refractivity contribution >= 4 is 46.2 Å². The number of anilines is 2. The number of carbonyl (C=O) groups is 1. The number of nitrogens with zero attached hydrogens (tertiary/aromatic N) is 1. The lowest BCUT2D eigenvalue weighted by Crippen LogP contribution is -2.14. The van der Waals surface area contributed by atoms with Crippen molar-refractivity contribution in [1.82, 2.24) is 0 Å². The summed E-state index contributed by atoms with van der Waals surface area (Å²) in [7, 11) is 0. The molecule has 2 N–H and O–H groups in total. The molecule has 1 amide bonds. The second-order valence-electron chi connectivity index (χ2n) is 6.86. The molecule has 0 saturated heterocycles. The van der Waals surface area contributed by atoms with E-state index in [0.29, 0.717) is 15.7 Å². The molecular weight excluding hydrogens is 409 g/mol. The summed E-state index contributed by atoms with van der Waals surface area (Å²) in [5.74, 6) is 0.725. The Kier molecular flexibility index (Phi) is 5.60. The number of para-hydroxylation sites is 1. The standard InChI is InChI=1S/C22H19Cl2N3O2/c1-13-20-18(27-26-16-6-3-2-4-7-16)8-5-9-19(20)29-21(13)22(28)25-17-11-14(23)10-15(24)12-17/h2-4,6-7,10-12,26H,5,8-9H2,1H3,(H,25,28)/b27-18+. The second kappa shape index (κ2) is 8.31. The van der Waals surface area contributed by atoms with Crippen molar-refractivity contribution in [3.8, 4) is 0 Å². The normalized spacial score (nSPS) is 14.5. The lowest BCUT2D eigenvalue weighted by atomic mass is 9.93. The van der Waals surface area contributed by atoms with Crippen LogP contribution in [0.25, 0.3) is 0 Å². The van der Waals surface area contributed by atoms with Crippen LogP contribution in [-0.2, 0) is 6.42 Å². The van der Waals surface area contributed by atoms with Gasteiger partial charge in [-0.05, 0) is 50.1 Å². The van der Waals surface area contributed by atoms with Gasteiger partial charge in [0.05, 0.1) is 11.4 Å². The minimum absolute atomic E-state index is 0.278. The molecule has 0 fully saturated rings. The number of fused-ring (bicyclic) bond motifs is 1. The van der Waals surface area contributed by atoms with Gasteiger partial charge in [-0.1, -0.05) is 41.4 Å². The first-order valence-electron chi connectivity index (χ1n) is 9.29. The monoisotopic (exact) mass is 427 g/mol. The first-order chi connectivity index (χ1) is 14.0. The number of aryl methyl sites for hydroxylation is 1. The van der Waals surface area contributed by atoms with Gasteiger partial charge in [0.15, 0.2) is 5.76 Å². The molecule has 1 aliphatic carbocycles. The summed E-state index contributed by atoms with van der Waals surface area (Å²) in [6.45, 7) is 1.88. The van der Waals surface area contributed by atoms with Gasteiger partial charge < -0.3 is 9.73 Å². The number of benzene rings is 2. The van der Waals surface area contributed by atoms with E-state index in [1.807, 2.05) is 37.3 Å². The third-order valence-corrected chi connectivity index (χ3v) is 5.18. The zero-order valence-corrected chi connectivity index (χ0v) is 17.3. The van der Waals surface area contributed by atoms with Crippen LogP contribution < -0.4 is 10.7 Å². The van der Waals surface area contributed by atoms with Gasteiger partial charge in [0.2, 0.25) is 0 Å². The molecular formula is C22H19Cl2N3O2. The minimum Gasteiger partial charge on any atom is -0.455 e. The van der Waals surface area contributed by atoms with Crippen LogP contribution in [0.2, 0.25) is 10.0 Å². The average molecular weight is 428 g/mol. The van der Waals surface area contributed by atoms with Crippen LogP contribution in [-0.4, -0.2) is 11.6 Å². The Morgan fingerprint density at radius 1 is 1.03 bits per heavy atom. The van der Waals surface area contributed by atoms with Crippen LogP contribution in [0.1, 0.15) is 40.3 Å². The number of carbonyl (C=O) groups excluding carboxylic acids is 1. The highest BCUT2D eigenvalue weighted by Crippen LogP contribution is 2.31. The molecule has 1 aromatic heterocycles. The van der Waals surface area contributed by atoms with Gasteiger partial charge in [-0.15, -0.1) is 0 Å². The summed E-state index contributed by atoms with van der Waals surface area (Å²) < 4.78 is 5.93. The summed E-state index contributed by atoms with van der Waals surface area (Å²) in [4.78, 5) is 12.8. The molecule has 1 aliphatic rings. The number of furan rings is 1. The van der Waals surface area contributed by atoms with E-state index >= 15 is 0 Å². The molecule has 0 atom stereocenters. The topological polar surface area (TPSA) is 66.6 Å². The molecule has 148 valence electrons. The van der Waals surface area contributed by atoms with E-state index in [0.717, 1.165) is 47.5 Å². The number of amides is 1. The van der Waals surface area contributed by atoms with E-state index in [1.54, 1.807) is 18.2 Å². The van der Waals surface area contributed by atoms with Crippen LogP contribution in [0.15, 0.2) is 58.0 Å². The average Bonchev–Trinajstić information content (AvgIpc) is 3.04. The first-order valence-corrected chi connectivity index (χ1v) is 10.0. The molecule has 3 aromatic rings. The molecule has 2 aromatic carbocycles. The zero-order chi connectivity index (χ0) is 20.4. The maximum atomic E-state index is 12.8. The fourth-order valence-electron chi connectivity index (χ4n) is 3.46. The van der Waals surface area contributed by atoms with Gasteiger partial charge in [-0.2, -0.15) is 5.10 Å². The van der Waals surface area contributed by atoms with E-state index in [-0.39, 0.29) is 11.7 Å². The van der Waals surface area contributed by atoms with E-state index in [2.05, 4.69) is 15.8 Å². The fraction of sp³-hybridized carbons (Fsp3) is 0.182. The van der Waals surface area contributed by atoms with Crippen molar-refractivity contribution in [2.24, 2.45) is 5.10 Å². The fourth-order valence-corrected chi connectivity index (χ4v) is 3.98. The Hall–Kier alpha value is -2.76. The molecule has 4 rings (SSSR count). The Balaban J connectivity index is 1.61. The lowest BCUT2D eigenvalue weighted by molar-refractivity contribution is 0.0994. The van der Waals surface area contributed by atoms with Crippen molar-refractivity contribution in [1.29, 1.82) is 0 Å². The summed E-state index contributed by atoms with van der Waals surface area (Å²) in [5, 5.41) is 8.28. The quantitative estimate of drug-likeness (QED) is 0.480. The number of nitrogens with one attached hydrogen (secondary N) is 2. The number of rotatable bonds is 4. The van der Waals surface area contributed by atoms with E-state index < -0.39 is 0 Å². The van der Waals surface area contributed by atoms with E-state index in [4.69, 9.17) is 27.6 Å². The summed E-state index contributed by atoms with van der Waals surface area (Å²) in [6.07, 6.45) is 2.51. The predicted molar refractivity (Wildman–Crippen MR) is 117 cm³/mol. The van der Waals surface area contributed by atoms with Crippen LogP contribution >= 0.6 is 23.2 Å². The maximum Gasteiger partial charge on any atom is 0.291 e. The smallest absolute Gasteiger partial charge is 0.291 e. The van der Waals surface area contributed by atoms with Gasteiger partial charge in [0.1, 0.15) is 5.76 Å². The highest BCUT2D eigenvalue weighted by molar-refractivity contribution is 6.35. The maximum absolute atomic E-state index is 12.8. The van der Waals surface area contributed by atoms with Crippen molar-refractivity contribution in [3.05, 3.63) is 81.2 Å². The Morgan fingerprint density at radius 3 is 2.48 bits per heavy atom. The van der Waals surface area contributed by atoms with Gasteiger partial charge in [0.25, 0.3) is 5.91 Å². The number of hydrazone groups is 1. The Labute approximate surface area is 178 Å². The van der Waals surface area contributed by atoms with Crippen LogP contribution in [0.3, 0.4) is 0 Å². The number of hydrogen-bond donors (Lipinski definition) is 2. The van der Waals surface area contributed by atoms with Gasteiger partial charge in [-0.25, -0.2) is 0 Å². The number of halogens is 2. The van der Waals surface area contributed by atoms with E-state index in [9.17, 15) is 4.79 Å². The zero-order valence-electron chi connectivity index (χ0n) is 15.8. The number of hydrogen-bond acceptors (Lipinski definition) is 4. The molecule has 0 saturated carbocycles. The molecule has 0 spiro atoms. The molecule has 0 radical (unpaired) electrons. The van der Waals surface area contributed by atoms with E-state index in [1.165, 1.54) is 0 Å². The van der Waals surface area contributed by atoms with Crippen LogP contribution in [0, 0.1) is 6.92 Å². The second-order valence-corrected chi connectivity index (χ2v) is 7.73. The largest absolute Gasteiger partial charge is 0.455 e. The van der Waals surface area contributed by atoms with Crippen molar-refractivity contribution < 1.29 is 9.21 Å². The van der Waals surface area contributed by atoms with Crippen molar-refractivity contribution in [2.45, 2.75) is 26.2 Å². The summed E-state index contributed by atoms with van der Waals surface area (Å²) in [5.41, 5.74) is 7.09. The third-order valence-electron chi connectivity index (χ3n) is 4.75. The van der Waals surface area contributed by atoms with Crippen LogP contribution in [0.5, 0.6) is 0 Å². The van der Waals surface area contributed by atoms with Crippen LogP contribution in [0.4, 0.5) is 11.4 Å². The summed E-state index contributed by atoms with van der Waals surface area (Å²) >= 11 is 12.0. The highest BCUT2D eigenvalue weighted by Gasteiger charge is 2.28. The van der Waals surface area contributed by atoms with Gasteiger partial charge >= 0.3 is 0 Å². The lowest BCUT2D eigenvalue weighted by Gasteiger charge is -2.13. The van der Waals surface area contributed by atoms with Gasteiger partial charge in [0, 0.05) is 33.3 Å². The molecule has 0 aliphatic heterocycles. The SMILES string of the molecule is Cc1c(C(=O)Nc2cc(Cl)cc(Cl)c2)oc2c1/C(=N/Nc1ccccc1)CCC2. The predicted octanol–water partition coefficient (Wildman–Crippen LogP) is 6.30. The summed E-state index contributed by atoms with van der Waals surface area (Å²) in [6, 6.07) is 14.6. The molecule has 29 heavy (non-hydrogen) atoms. The highest BCUT2D eigenvalue weighted by atomic mass is 35.5. The molecule has 0 bridgehead atoms. The molecule has 7 heteroatoms. The first kappa shape index (κ1) is 19.6. The van der Waals surface area contributed by atoms with Gasteiger partial charge in [-0.3, -0.25) is 10.2 Å². The minimum atomic E-state index is -0.342. The molecule has 1 heterocycles.